The number of anilines is 1. The Morgan fingerprint density at radius 3 is 2.81 bits per heavy atom. The van der Waals surface area contributed by atoms with Crippen molar-refractivity contribution < 1.29 is 0 Å². The molecule has 0 heterocycles. The average Bonchev–Trinajstić information content (AvgIpc) is 2.28. The Morgan fingerprint density at radius 1 is 1.56 bits per heavy atom. The van der Waals surface area contributed by atoms with E-state index in [0.717, 1.165) is 10.2 Å². The first-order chi connectivity index (χ1) is 7.60. The van der Waals surface area contributed by atoms with Gasteiger partial charge in [0.2, 0.25) is 0 Å². The fraction of sp³-hybridized carbons (Fsp3) is 0.385. The molecule has 16 heavy (non-hydrogen) atoms. The van der Waals surface area contributed by atoms with Crippen LogP contribution in [0.2, 0.25) is 0 Å². The third kappa shape index (κ3) is 3.01. The van der Waals surface area contributed by atoms with E-state index >= 15 is 0 Å². The van der Waals surface area contributed by atoms with Gasteiger partial charge in [-0.2, -0.15) is 0 Å². The monoisotopic (exact) mass is 280 g/mol. The summed E-state index contributed by atoms with van der Waals surface area (Å²) in [6.45, 7) is 2.75. The normalized spacial score (nSPS) is 11.9. The van der Waals surface area contributed by atoms with Crippen LogP contribution in [0.4, 0.5) is 5.69 Å². The highest BCUT2D eigenvalue weighted by atomic mass is 79.9. The second kappa shape index (κ2) is 5.93. The molecule has 0 aliphatic rings. The molecule has 0 saturated carbocycles. The van der Waals surface area contributed by atoms with Gasteiger partial charge in [0.15, 0.2) is 0 Å². The minimum atomic E-state index is 0.309. The summed E-state index contributed by atoms with van der Waals surface area (Å²) in [5.41, 5.74) is 2.41. The van der Waals surface area contributed by atoms with Crippen LogP contribution < -0.4 is 10.2 Å². The van der Waals surface area contributed by atoms with Crippen LogP contribution in [-0.4, -0.2) is 20.6 Å². The molecule has 1 unspecified atom stereocenters. The molecule has 0 aromatic heterocycles. The fourth-order valence-electron chi connectivity index (χ4n) is 1.59. The zero-order valence-electron chi connectivity index (χ0n) is 9.92. The molecule has 0 bridgehead atoms. The SMILES string of the molecule is C#CCN(C)c1cc(Br)ccc1C(C)NC. The van der Waals surface area contributed by atoms with Crippen LogP contribution >= 0.6 is 15.9 Å². The van der Waals surface area contributed by atoms with Crippen LogP contribution in [0.3, 0.4) is 0 Å². The number of halogens is 1. The van der Waals surface area contributed by atoms with E-state index in [0.29, 0.717) is 12.6 Å². The van der Waals surface area contributed by atoms with E-state index in [1.165, 1.54) is 5.56 Å². The van der Waals surface area contributed by atoms with Gasteiger partial charge in [0.05, 0.1) is 6.54 Å². The van der Waals surface area contributed by atoms with Crippen molar-refractivity contribution in [2.75, 3.05) is 25.5 Å². The summed E-state index contributed by atoms with van der Waals surface area (Å²) in [5, 5.41) is 3.24. The lowest BCUT2D eigenvalue weighted by Crippen LogP contribution is -2.22. The Balaban J connectivity index is 3.13. The van der Waals surface area contributed by atoms with E-state index in [1.54, 1.807) is 0 Å². The van der Waals surface area contributed by atoms with Crippen molar-refractivity contribution in [3.8, 4) is 12.3 Å². The Morgan fingerprint density at radius 2 is 2.25 bits per heavy atom. The highest BCUT2D eigenvalue weighted by molar-refractivity contribution is 9.10. The molecule has 1 rings (SSSR count). The summed E-state index contributed by atoms with van der Waals surface area (Å²) >= 11 is 3.49. The molecule has 0 amide bonds. The maximum absolute atomic E-state index is 5.34. The van der Waals surface area contributed by atoms with Gasteiger partial charge in [0, 0.05) is 23.2 Å². The Hall–Kier alpha value is -0.980. The van der Waals surface area contributed by atoms with E-state index in [4.69, 9.17) is 6.42 Å². The fourth-order valence-corrected chi connectivity index (χ4v) is 1.94. The van der Waals surface area contributed by atoms with E-state index in [1.807, 2.05) is 14.1 Å². The molecule has 0 aliphatic heterocycles. The second-order valence-electron chi connectivity index (χ2n) is 3.77. The summed E-state index contributed by atoms with van der Waals surface area (Å²) < 4.78 is 1.07. The third-order valence-corrected chi connectivity index (χ3v) is 3.12. The van der Waals surface area contributed by atoms with Crippen molar-refractivity contribution in [3.05, 3.63) is 28.2 Å². The van der Waals surface area contributed by atoms with Crippen molar-refractivity contribution in [3.63, 3.8) is 0 Å². The standard InChI is InChI=1S/C13H17BrN2/c1-5-8-16(4)13-9-11(14)6-7-12(13)10(2)15-3/h1,6-7,9-10,15H,8H2,2-4H3. The van der Waals surface area contributed by atoms with Crippen molar-refractivity contribution in [2.45, 2.75) is 13.0 Å². The number of benzene rings is 1. The lowest BCUT2D eigenvalue weighted by atomic mass is 10.1. The molecule has 1 aromatic rings. The average molecular weight is 281 g/mol. The molecule has 0 spiro atoms. The summed E-state index contributed by atoms with van der Waals surface area (Å²) in [4.78, 5) is 2.08. The molecule has 0 saturated heterocycles. The van der Waals surface area contributed by atoms with Gasteiger partial charge in [-0.3, -0.25) is 0 Å². The van der Waals surface area contributed by atoms with Crippen LogP contribution in [0.25, 0.3) is 0 Å². The first kappa shape index (κ1) is 13.1. The lowest BCUT2D eigenvalue weighted by Gasteiger charge is -2.23. The summed E-state index contributed by atoms with van der Waals surface area (Å²) in [5.74, 6) is 2.66. The van der Waals surface area contributed by atoms with Gasteiger partial charge in [-0.05, 0) is 31.7 Å². The van der Waals surface area contributed by atoms with Gasteiger partial charge < -0.3 is 10.2 Å². The number of nitrogens with one attached hydrogen (secondary N) is 1. The number of hydrogen-bond donors (Lipinski definition) is 1. The van der Waals surface area contributed by atoms with Gasteiger partial charge in [-0.25, -0.2) is 0 Å². The van der Waals surface area contributed by atoms with Crippen molar-refractivity contribution in [1.82, 2.24) is 5.32 Å². The first-order valence-electron chi connectivity index (χ1n) is 5.21. The number of rotatable bonds is 4. The molecule has 3 heteroatoms. The van der Waals surface area contributed by atoms with Gasteiger partial charge in [-0.1, -0.05) is 27.9 Å². The molecular formula is C13H17BrN2. The Labute approximate surface area is 106 Å². The Kier molecular flexibility index (Phi) is 4.85. The highest BCUT2D eigenvalue weighted by Crippen LogP contribution is 2.28. The largest absolute Gasteiger partial charge is 0.363 e. The minimum Gasteiger partial charge on any atom is -0.363 e. The van der Waals surface area contributed by atoms with Crippen LogP contribution in [-0.2, 0) is 0 Å². The van der Waals surface area contributed by atoms with Crippen molar-refractivity contribution in [2.24, 2.45) is 0 Å². The number of nitrogens with zero attached hydrogens (tertiary/aromatic N) is 1. The minimum absolute atomic E-state index is 0.309. The van der Waals surface area contributed by atoms with Gasteiger partial charge in [0.1, 0.15) is 0 Å². The van der Waals surface area contributed by atoms with E-state index in [2.05, 4.69) is 57.2 Å². The predicted octanol–water partition coefficient (Wildman–Crippen LogP) is 2.80. The molecular weight excluding hydrogens is 264 g/mol. The molecule has 0 radical (unpaired) electrons. The van der Waals surface area contributed by atoms with Crippen LogP contribution in [0.1, 0.15) is 18.5 Å². The zero-order chi connectivity index (χ0) is 12.1. The van der Waals surface area contributed by atoms with E-state index < -0.39 is 0 Å². The topological polar surface area (TPSA) is 15.3 Å². The third-order valence-electron chi connectivity index (χ3n) is 2.63. The van der Waals surface area contributed by atoms with Crippen molar-refractivity contribution >= 4 is 21.6 Å². The van der Waals surface area contributed by atoms with Gasteiger partial charge in [0.25, 0.3) is 0 Å². The smallest absolute Gasteiger partial charge is 0.0788 e. The molecule has 2 nitrogen and oxygen atoms in total. The van der Waals surface area contributed by atoms with Crippen LogP contribution in [0.15, 0.2) is 22.7 Å². The van der Waals surface area contributed by atoms with Crippen molar-refractivity contribution in [1.29, 1.82) is 0 Å². The molecule has 0 fully saturated rings. The summed E-state index contributed by atoms with van der Waals surface area (Å²) in [6.07, 6.45) is 5.34. The van der Waals surface area contributed by atoms with Crippen LogP contribution in [0.5, 0.6) is 0 Å². The zero-order valence-corrected chi connectivity index (χ0v) is 11.5. The second-order valence-corrected chi connectivity index (χ2v) is 4.69. The molecule has 86 valence electrons. The predicted molar refractivity (Wildman–Crippen MR) is 73.7 cm³/mol. The lowest BCUT2D eigenvalue weighted by molar-refractivity contribution is 0.651. The van der Waals surface area contributed by atoms with E-state index in [9.17, 15) is 0 Å². The maximum atomic E-state index is 5.34. The summed E-state index contributed by atoms with van der Waals surface area (Å²) in [6, 6.07) is 6.58. The van der Waals surface area contributed by atoms with Crippen LogP contribution in [0, 0.1) is 12.3 Å². The first-order valence-corrected chi connectivity index (χ1v) is 6.00. The quantitative estimate of drug-likeness (QED) is 0.854. The Bertz CT molecular complexity index is 395. The van der Waals surface area contributed by atoms with Gasteiger partial charge in [-0.15, -0.1) is 6.42 Å². The molecule has 1 aromatic carbocycles. The molecule has 1 atom stereocenters. The van der Waals surface area contributed by atoms with E-state index in [-0.39, 0.29) is 0 Å². The van der Waals surface area contributed by atoms with Gasteiger partial charge >= 0.3 is 0 Å². The maximum Gasteiger partial charge on any atom is 0.0788 e. The number of hydrogen-bond acceptors (Lipinski definition) is 2. The highest BCUT2D eigenvalue weighted by Gasteiger charge is 2.12. The summed E-state index contributed by atoms with van der Waals surface area (Å²) in [7, 11) is 3.96. The molecule has 0 aliphatic carbocycles. The molecule has 1 N–H and O–H groups in total. The number of terminal acetylenes is 1.